The highest BCUT2D eigenvalue weighted by Gasteiger charge is 2.36. The maximum atomic E-state index is 10.5. The summed E-state index contributed by atoms with van der Waals surface area (Å²) in [5.41, 5.74) is 1.48. The van der Waals surface area contributed by atoms with Crippen LogP contribution in [0.2, 0.25) is 0 Å². The summed E-state index contributed by atoms with van der Waals surface area (Å²) in [6, 6.07) is 4.13. The summed E-state index contributed by atoms with van der Waals surface area (Å²) < 4.78 is 0. The summed E-state index contributed by atoms with van der Waals surface area (Å²) in [7, 11) is 0. The van der Waals surface area contributed by atoms with E-state index in [0.717, 1.165) is 26.1 Å². The number of aliphatic hydroxyl groups is 1. The van der Waals surface area contributed by atoms with E-state index in [2.05, 4.69) is 40.8 Å². The van der Waals surface area contributed by atoms with Gasteiger partial charge < -0.3 is 5.11 Å². The van der Waals surface area contributed by atoms with Crippen LogP contribution >= 0.6 is 0 Å². The van der Waals surface area contributed by atoms with Crippen LogP contribution < -0.4 is 0 Å². The number of piperidine rings is 1. The van der Waals surface area contributed by atoms with Gasteiger partial charge in [-0.1, -0.05) is 6.42 Å². The molecule has 2 aliphatic rings. The highest BCUT2D eigenvalue weighted by atomic mass is 16.3. The Balaban J connectivity index is 1.55. The number of likely N-dealkylation sites (tertiary alicyclic amines) is 2. The van der Waals surface area contributed by atoms with Gasteiger partial charge in [-0.15, -0.1) is 0 Å². The van der Waals surface area contributed by atoms with E-state index >= 15 is 0 Å². The van der Waals surface area contributed by atoms with Crippen LogP contribution in [0.1, 0.15) is 38.7 Å². The molecule has 0 aromatic carbocycles. The SMILES string of the molecule is CC(C)(CN1C[C@@H](Cc2ccncc2)[C@H](O)C1)N1CCCCC1. The lowest BCUT2D eigenvalue weighted by atomic mass is 9.97. The molecular formula is C19H31N3O. The maximum Gasteiger partial charge on any atom is 0.0710 e. The fourth-order valence-electron chi connectivity index (χ4n) is 4.24. The van der Waals surface area contributed by atoms with E-state index < -0.39 is 0 Å². The van der Waals surface area contributed by atoms with Crippen LogP contribution in [-0.4, -0.2) is 64.3 Å². The molecular weight excluding hydrogens is 286 g/mol. The fraction of sp³-hybridized carbons (Fsp3) is 0.737. The van der Waals surface area contributed by atoms with Crippen molar-refractivity contribution in [3.8, 4) is 0 Å². The maximum absolute atomic E-state index is 10.5. The first-order chi connectivity index (χ1) is 11.0. The third-order valence-corrected chi connectivity index (χ3v) is 5.55. The fourth-order valence-corrected chi connectivity index (χ4v) is 4.24. The first kappa shape index (κ1) is 16.9. The zero-order chi connectivity index (χ0) is 16.3. The molecule has 0 aliphatic carbocycles. The van der Waals surface area contributed by atoms with Gasteiger partial charge in [-0.05, 0) is 63.9 Å². The lowest BCUT2D eigenvalue weighted by Gasteiger charge is -2.43. The zero-order valence-electron chi connectivity index (χ0n) is 14.6. The van der Waals surface area contributed by atoms with Crippen molar-refractivity contribution in [1.82, 2.24) is 14.8 Å². The molecule has 1 N–H and O–H groups in total. The summed E-state index contributed by atoms with van der Waals surface area (Å²) in [4.78, 5) is 9.18. The number of aliphatic hydroxyl groups excluding tert-OH is 1. The average molecular weight is 317 g/mol. The Bertz CT molecular complexity index is 485. The molecule has 4 nitrogen and oxygen atoms in total. The monoisotopic (exact) mass is 317 g/mol. The van der Waals surface area contributed by atoms with E-state index in [-0.39, 0.29) is 11.6 Å². The molecule has 1 aromatic heterocycles. The number of hydrogen-bond donors (Lipinski definition) is 1. The molecule has 0 saturated carbocycles. The first-order valence-corrected chi connectivity index (χ1v) is 9.09. The van der Waals surface area contributed by atoms with Crippen molar-refractivity contribution in [2.45, 2.75) is 51.2 Å². The molecule has 0 bridgehead atoms. The lowest BCUT2D eigenvalue weighted by molar-refractivity contribution is 0.0602. The Kier molecular flexibility index (Phi) is 5.34. The molecule has 0 unspecified atom stereocenters. The summed E-state index contributed by atoms with van der Waals surface area (Å²) in [5, 5.41) is 10.5. The van der Waals surface area contributed by atoms with E-state index in [0.29, 0.717) is 5.92 Å². The van der Waals surface area contributed by atoms with Gasteiger partial charge in [0.1, 0.15) is 0 Å². The van der Waals surface area contributed by atoms with Crippen LogP contribution in [0.25, 0.3) is 0 Å². The standard InChI is InChI=1S/C19H31N3O/c1-19(2,22-10-4-3-5-11-22)15-21-13-17(18(23)14-21)12-16-6-8-20-9-7-16/h6-9,17-18,23H,3-5,10-15H2,1-2H3/t17-,18-/m1/s1. The van der Waals surface area contributed by atoms with Gasteiger partial charge in [0.2, 0.25) is 0 Å². The minimum absolute atomic E-state index is 0.200. The van der Waals surface area contributed by atoms with Gasteiger partial charge >= 0.3 is 0 Å². The molecule has 0 radical (unpaired) electrons. The highest BCUT2D eigenvalue weighted by Crippen LogP contribution is 2.26. The molecule has 0 spiro atoms. The third kappa shape index (κ3) is 4.31. The number of nitrogens with zero attached hydrogens (tertiary/aromatic N) is 3. The topological polar surface area (TPSA) is 39.6 Å². The van der Waals surface area contributed by atoms with Crippen LogP contribution in [0, 0.1) is 5.92 Å². The van der Waals surface area contributed by atoms with Crippen molar-refractivity contribution >= 4 is 0 Å². The Morgan fingerprint density at radius 2 is 1.83 bits per heavy atom. The van der Waals surface area contributed by atoms with E-state index in [4.69, 9.17) is 0 Å². The molecule has 2 aliphatic heterocycles. The summed E-state index contributed by atoms with van der Waals surface area (Å²) in [6.45, 7) is 10.0. The van der Waals surface area contributed by atoms with Crippen molar-refractivity contribution in [1.29, 1.82) is 0 Å². The number of hydrogen-bond acceptors (Lipinski definition) is 4. The van der Waals surface area contributed by atoms with Crippen molar-refractivity contribution in [2.24, 2.45) is 5.92 Å². The second kappa shape index (κ2) is 7.29. The summed E-state index contributed by atoms with van der Waals surface area (Å²) in [5.74, 6) is 0.342. The van der Waals surface area contributed by atoms with E-state index in [1.165, 1.54) is 37.9 Å². The van der Waals surface area contributed by atoms with Crippen LogP contribution in [0.5, 0.6) is 0 Å². The van der Waals surface area contributed by atoms with Crippen LogP contribution in [0.4, 0.5) is 0 Å². The van der Waals surface area contributed by atoms with Crippen molar-refractivity contribution < 1.29 is 5.11 Å². The Morgan fingerprint density at radius 1 is 1.13 bits per heavy atom. The Labute approximate surface area is 140 Å². The van der Waals surface area contributed by atoms with Crippen LogP contribution in [0.15, 0.2) is 24.5 Å². The van der Waals surface area contributed by atoms with Crippen molar-refractivity contribution in [3.63, 3.8) is 0 Å². The Morgan fingerprint density at radius 3 is 2.52 bits per heavy atom. The van der Waals surface area contributed by atoms with Crippen molar-refractivity contribution in [3.05, 3.63) is 30.1 Å². The normalized spacial score (nSPS) is 27.4. The second-order valence-corrected chi connectivity index (χ2v) is 7.94. The molecule has 2 atom stereocenters. The number of aromatic nitrogens is 1. The first-order valence-electron chi connectivity index (χ1n) is 9.09. The van der Waals surface area contributed by atoms with Gasteiger partial charge in [0.25, 0.3) is 0 Å². The molecule has 1 aromatic rings. The number of pyridine rings is 1. The van der Waals surface area contributed by atoms with Gasteiger partial charge in [-0.25, -0.2) is 0 Å². The van der Waals surface area contributed by atoms with Gasteiger partial charge in [0.15, 0.2) is 0 Å². The van der Waals surface area contributed by atoms with Gasteiger partial charge in [0, 0.05) is 43.5 Å². The number of β-amino-alcohol motifs (C(OH)–C–C–N with tert-alkyl or cyclic N) is 1. The molecule has 0 amide bonds. The van der Waals surface area contributed by atoms with E-state index in [1.54, 1.807) is 0 Å². The predicted octanol–water partition coefficient (Wildman–Crippen LogP) is 2.18. The zero-order valence-corrected chi connectivity index (χ0v) is 14.6. The van der Waals surface area contributed by atoms with Gasteiger partial charge in [-0.2, -0.15) is 0 Å². The molecule has 3 heterocycles. The average Bonchev–Trinajstić information content (AvgIpc) is 2.88. The van der Waals surface area contributed by atoms with Crippen LogP contribution in [0.3, 0.4) is 0 Å². The second-order valence-electron chi connectivity index (χ2n) is 7.94. The van der Waals surface area contributed by atoms with E-state index in [9.17, 15) is 5.11 Å². The lowest BCUT2D eigenvalue weighted by Crippen LogP contribution is -2.53. The quantitative estimate of drug-likeness (QED) is 0.903. The molecule has 23 heavy (non-hydrogen) atoms. The third-order valence-electron chi connectivity index (χ3n) is 5.55. The van der Waals surface area contributed by atoms with Crippen LogP contribution in [-0.2, 0) is 6.42 Å². The predicted molar refractivity (Wildman–Crippen MR) is 93.4 cm³/mol. The smallest absolute Gasteiger partial charge is 0.0710 e. The minimum Gasteiger partial charge on any atom is -0.391 e. The molecule has 128 valence electrons. The molecule has 4 heteroatoms. The molecule has 2 fully saturated rings. The molecule has 2 saturated heterocycles. The van der Waals surface area contributed by atoms with Crippen molar-refractivity contribution in [2.75, 3.05) is 32.7 Å². The highest BCUT2D eigenvalue weighted by molar-refractivity contribution is 5.12. The molecule has 3 rings (SSSR count). The van der Waals surface area contributed by atoms with E-state index in [1.807, 2.05) is 12.4 Å². The summed E-state index contributed by atoms with van der Waals surface area (Å²) in [6.07, 6.45) is 8.46. The van der Waals surface area contributed by atoms with Gasteiger partial charge in [0.05, 0.1) is 6.10 Å². The number of rotatable bonds is 5. The largest absolute Gasteiger partial charge is 0.391 e. The summed E-state index contributed by atoms with van der Waals surface area (Å²) >= 11 is 0. The van der Waals surface area contributed by atoms with Gasteiger partial charge in [-0.3, -0.25) is 14.8 Å². The minimum atomic E-state index is -0.208. The Hall–Kier alpha value is -0.970.